The molecule has 1 atom stereocenters. The van der Waals surface area contributed by atoms with E-state index >= 15 is 0 Å². The van der Waals surface area contributed by atoms with E-state index in [0.717, 1.165) is 16.7 Å². The number of hydrogen-bond acceptors (Lipinski definition) is 6. The Hall–Kier alpha value is -2.09. The molecule has 0 radical (unpaired) electrons. The molecule has 6 nitrogen and oxygen atoms in total. The molecule has 0 aliphatic carbocycles. The SMILES string of the molecule is COc1ccc(-c2cncc(C3COB(O)C3)c2)cc1OCCO. The Kier molecular flexibility index (Phi) is 5.35. The third-order valence-electron chi connectivity index (χ3n) is 4.05. The summed E-state index contributed by atoms with van der Waals surface area (Å²) in [5.74, 6) is 1.34. The van der Waals surface area contributed by atoms with Gasteiger partial charge in [0, 0.05) is 30.5 Å². The van der Waals surface area contributed by atoms with Crippen LogP contribution in [0.1, 0.15) is 11.5 Å². The van der Waals surface area contributed by atoms with Crippen LogP contribution in [-0.2, 0) is 4.65 Å². The summed E-state index contributed by atoms with van der Waals surface area (Å²) in [6.45, 7) is 0.642. The van der Waals surface area contributed by atoms with Crippen molar-refractivity contribution in [1.29, 1.82) is 0 Å². The van der Waals surface area contributed by atoms with Crippen molar-refractivity contribution in [3.05, 3.63) is 42.2 Å². The molecule has 1 aliphatic rings. The fourth-order valence-electron chi connectivity index (χ4n) is 2.80. The van der Waals surface area contributed by atoms with Crippen LogP contribution < -0.4 is 9.47 Å². The molecular formula is C17H20BNO5. The van der Waals surface area contributed by atoms with Gasteiger partial charge in [-0.2, -0.15) is 0 Å². The number of hydrogen-bond donors (Lipinski definition) is 2. The number of ether oxygens (including phenoxy) is 2. The van der Waals surface area contributed by atoms with E-state index in [4.69, 9.17) is 19.2 Å². The second-order valence-electron chi connectivity index (χ2n) is 5.67. The zero-order chi connectivity index (χ0) is 16.9. The molecule has 24 heavy (non-hydrogen) atoms. The highest BCUT2D eigenvalue weighted by atomic mass is 16.5. The van der Waals surface area contributed by atoms with Gasteiger partial charge in [0.1, 0.15) is 6.61 Å². The van der Waals surface area contributed by atoms with E-state index in [-0.39, 0.29) is 19.1 Å². The standard InChI is InChI=1S/C17H20BNO5/c1-22-16-3-2-12(7-17(16)23-5-4-20)13-6-14(10-19-9-13)15-8-18(21)24-11-15/h2-3,6-7,9-10,15,20-21H,4-5,8,11H2,1H3. The van der Waals surface area contributed by atoms with Crippen LogP contribution in [0, 0.1) is 0 Å². The number of aromatic nitrogens is 1. The van der Waals surface area contributed by atoms with Crippen LogP contribution >= 0.6 is 0 Å². The Labute approximate surface area is 141 Å². The van der Waals surface area contributed by atoms with Gasteiger partial charge in [-0.05, 0) is 35.6 Å². The summed E-state index contributed by atoms with van der Waals surface area (Å²) < 4.78 is 16.0. The Morgan fingerprint density at radius 1 is 1.25 bits per heavy atom. The Bertz CT molecular complexity index is 696. The van der Waals surface area contributed by atoms with Crippen molar-refractivity contribution < 1.29 is 24.3 Å². The van der Waals surface area contributed by atoms with Crippen LogP contribution in [0.5, 0.6) is 11.5 Å². The lowest BCUT2D eigenvalue weighted by Gasteiger charge is -2.13. The third kappa shape index (κ3) is 3.69. The van der Waals surface area contributed by atoms with Crippen LogP contribution in [0.3, 0.4) is 0 Å². The summed E-state index contributed by atoms with van der Waals surface area (Å²) in [5, 5.41) is 18.5. The quantitative estimate of drug-likeness (QED) is 0.786. The van der Waals surface area contributed by atoms with Crippen molar-refractivity contribution in [2.45, 2.75) is 12.2 Å². The third-order valence-corrected chi connectivity index (χ3v) is 4.05. The first kappa shape index (κ1) is 16.8. The monoisotopic (exact) mass is 329 g/mol. The topological polar surface area (TPSA) is 81.0 Å². The number of nitrogens with zero attached hydrogens (tertiary/aromatic N) is 1. The fourth-order valence-corrected chi connectivity index (χ4v) is 2.80. The van der Waals surface area contributed by atoms with Crippen molar-refractivity contribution in [2.75, 3.05) is 26.9 Å². The van der Waals surface area contributed by atoms with Crippen molar-refractivity contribution in [2.24, 2.45) is 0 Å². The lowest BCUT2D eigenvalue weighted by molar-refractivity contribution is 0.196. The minimum absolute atomic E-state index is 0.0611. The van der Waals surface area contributed by atoms with Gasteiger partial charge in [0.15, 0.2) is 11.5 Å². The van der Waals surface area contributed by atoms with Gasteiger partial charge in [0.05, 0.1) is 13.7 Å². The summed E-state index contributed by atoms with van der Waals surface area (Å²) >= 11 is 0. The second-order valence-corrected chi connectivity index (χ2v) is 5.67. The molecule has 0 spiro atoms. The summed E-state index contributed by atoms with van der Waals surface area (Å²) in [5.41, 5.74) is 2.93. The van der Waals surface area contributed by atoms with E-state index in [1.165, 1.54) is 0 Å². The van der Waals surface area contributed by atoms with E-state index in [9.17, 15) is 5.02 Å². The van der Waals surface area contributed by atoms with Gasteiger partial charge in [-0.25, -0.2) is 0 Å². The number of benzene rings is 1. The fraction of sp³-hybridized carbons (Fsp3) is 0.353. The molecule has 0 bridgehead atoms. The minimum atomic E-state index is -0.696. The van der Waals surface area contributed by atoms with Crippen LogP contribution in [0.2, 0.25) is 6.32 Å². The molecule has 1 aliphatic heterocycles. The molecule has 7 heteroatoms. The van der Waals surface area contributed by atoms with Gasteiger partial charge in [-0.15, -0.1) is 0 Å². The summed E-state index contributed by atoms with van der Waals surface area (Å²) in [6.07, 6.45) is 4.17. The summed E-state index contributed by atoms with van der Waals surface area (Å²) in [6, 6.07) is 7.69. The van der Waals surface area contributed by atoms with Gasteiger partial charge < -0.3 is 24.3 Å². The Morgan fingerprint density at radius 2 is 2.12 bits per heavy atom. The van der Waals surface area contributed by atoms with E-state index in [1.807, 2.05) is 24.4 Å². The molecule has 0 saturated carbocycles. The van der Waals surface area contributed by atoms with E-state index in [0.29, 0.717) is 24.4 Å². The number of aliphatic hydroxyl groups excluding tert-OH is 1. The molecule has 1 unspecified atom stereocenters. The van der Waals surface area contributed by atoms with Crippen molar-refractivity contribution in [3.8, 4) is 22.6 Å². The van der Waals surface area contributed by atoms with Crippen LogP contribution in [0.25, 0.3) is 11.1 Å². The molecule has 0 amide bonds. The smallest absolute Gasteiger partial charge is 0.454 e. The number of aliphatic hydroxyl groups is 1. The van der Waals surface area contributed by atoms with Gasteiger partial charge in [-0.3, -0.25) is 4.98 Å². The molecule has 2 aromatic rings. The minimum Gasteiger partial charge on any atom is -0.493 e. The van der Waals surface area contributed by atoms with E-state index in [1.54, 1.807) is 13.3 Å². The van der Waals surface area contributed by atoms with E-state index < -0.39 is 7.12 Å². The van der Waals surface area contributed by atoms with Gasteiger partial charge in [0.2, 0.25) is 0 Å². The van der Waals surface area contributed by atoms with E-state index in [2.05, 4.69) is 11.1 Å². The number of pyridine rings is 1. The maximum atomic E-state index is 9.53. The first-order valence-electron chi connectivity index (χ1n) is 7.88. The molecule has 2 N–H and O–H groups in total. The molecule has 2 heterocycles. The highest BCUT2D eigenvalue weighted by Gasteiger charge is 2.30. The predicted octanol–water partition coefficient (Wildman–Crippen LogP) is 1.72. The predicted molar refractivity (Wildman–Crippen MR) is 90.3 cm³/mol. The molecule has 126 valence electrons. The lowest BCUT2D eigenvalue weighted by Crippen LogP contribution is -2.07. The summed E-state index contributed by atoms with van der Waals surface area (Å²) in [7, 11) is 0.882. The molecular weight excluding hydrogens is 309 g/mol. The average Bonchev–Trinajstić information content (AvgIpc) is 3.06. The highest BCUT2D eigenvalue weighted by Crippen LogP contribution is 2.34. The van der Waals surface area contributed by atoms with Gasteiger partial charge in [-0.1, -0.05) is 6.07 Å². The second kappa shape index (κ2) is 7.66. The maximum Gasteiger partial charge on any atom is 0.454 e. The van der Waals surface area contributed by atoms with Gasteiger partial charge >= 0.3 is 7.12 Å². The van der Waals surface area contributed by atoms with Crippen molar-refractivity contribution in [3.63, 3.8) is 0 Å². The average molecular weight is 329 g/mol. The normalized spacial score (nSPS) is 17.1. The molecule has 1 saturated heterocycles. The number of rotatable bonds is 6. The Balaban J connectivity index is 1.88. The maximum absolute atomic E-state index is 9.53. The van der Waals surface area contributed by atoms with Crippen molar-refractivity contribution >= 4 is 7.12 Å². The van der Waals surface area contributed by atoms with Crippen LogP contribution in [0.15, 0.2) is 36.7 Å². The Morgan fingerprint density at radius 3 is 2.83 bits per heavy atom. The lowest BCUT2D eigenvalue weighted by atomic mass is 9.80. The molecule has 3 rings (SSSR count). The highest BCUT2D eigenvalue weighted by molar-refractivity contribution is 6.43. The van der Waals surface area contributed by atoms with Gasteiger partial charge in [0.25, 0.3) is 0 Å². The van der Waals surface area contributed by atoms with Crippen LogP contribution in [0.4, 0.5) is 0 Å². The first-order valence-corrected chi connectivity index (χ1v) is 7.88. The molecule has 1 fully saturated rings. The zero-order valence-electron chi connectivity index (χ0n) is 13.5. The summed E-state index contributed by atoms with van der Waals surface area (Å²) in [4.78, 5) is 4.32. The van der Waals surface area contributed by atoms with Crippen LogP contribution in [-0.4, -0.2) is 49.2 Å². The van der Waals surface area contributed by atoms with Crippen molar-refractivity contribution in [1.82, 2.24) is 4.98 Å². The largest absolute Gasteiger partial charge is 0.493 e. The number of methoxy groups -OCH3 is 1. The zero-order valence-corrected chi connectivity index (χ0v) is 13.5. The first-order chi connectivity index (χ1) is 11.7. The molecule has 1 aromatic heterocycles. The molecule has 1 aromatic carbocycles.